The molecule has 0 atom stereocenters. The van der Waals surface area contributed by atoms with Crippen LogP contribution in [-0.4, -0.2) is 21.1 Å². The molecule has 0 fully saturated rings. The third-order valence-corrected chi connectivity index (χ3v) is 2.14. The Kier molecular flexibility index (Phi) is 1.33. The highest BCUT2D eigenvalue weighted by Gasteiger charge is 2.24. The fraction of sp³-hybridized carbons (Fsp3) is 0.429. The minimum absolute atomic E-state index is 0.213. The Labute approximate surface area is 68.7 Å². The molecule has 0 spiro atoms. The minimum Gasteiger partial charge on any atom is -0.411 e. The van der Waals surface area contributed by atoms with E-state index in [1.807, 2.05) is 0 Å². The fourth-order valence-electron chi connectivity index (χ4n) is 1.62. The first-order valence-corrected chi connectivity index (χ1v) is 3.80. The molecule has 0 unspecified atom stereocenters. The van der Waals surface area contributed by atoms with Crippen LogP contribution in [-0.2, 0) is 12.8 Å². The summed E-state index contributed by atoms with van der Waals surface area (Å²) in [7, 11) is 0. The Bertz CT molecular complexity index is 343. The first kappa shape index (κ1) is 7.15. The van der Waals surface area contributed by atoms with E-state index in [0.717, 1.165) is 35.4 Å². The van der Waals surface area contributed by atoms with Gasteiger partial charge >= 0.3 is 0 Å². The van der Waals surface area contributed by atoms with Crippen LogP contribution in [0.25, 0.3) is 0 Å². The van der Waals surface area contributed by atoms with Crippen molar-refractivity contribution in [3.8, 4) is 0 Å². The first-order chi connectivity index (χ1) is 5.70. The third-order valence-electron chi connectivity index (χ3n) is 2.14. The second-order valence-corrected chi connectivity index (χ2v) is 2.88. The SMILES string of the molecule is NC(=O)c1nn(O)c2c1CCC2. The van der Waals surface area contributed by atoms with Gasteiger partial charge in [0, 0.05) is 5.56 Å². The van der Waals surface area contributed by atoms with E-state index in [0.29, 0.717) is 0 Å². The summed E-state index contributed by atoms with van der Waals surface area (Å²) >= 11 is 0. The number of nitrogens with zero attached hydrogens (tertiary/aromatic N) is 2. The number of carbonyl (C=O) groups excluding carboxylic acids is 1. The number of fused-ring (bicyclic) bond motifs is 1. The summed E-state index contributed by atoms with van der Waals surface area (Å²) in [5, 5.41) is 12.8. The normalized spacial score (nSPS) is 14.7. The van der Waals surface area contributed by atoms with E-state index >= 15 is 0 Å². The Balaban J connectivity index is 2.58. The molecule has 2 rings (SSSR count). The largest absolute Gasteiger partial charge is 0.411 e. The van der Waals surface area contributed by atoms with Crippen LogP contribution in [0.5, 0.6) is 0 Å². The van der Waals surface area contributed by atoms with Crippen LogP contribution in [0.3, 0.4) is 0 Å². The van der Waals surface area contributed by atoms with Gasteiger partial charge in [0.25, 0.3) is 5.91 Å². The molecule has 0 saturated heterocycles. The molecule has 1 aromatic rings. The standard InChI is InChI=1S/C7H9N3O2/c8-7(11)6-4-2-1-3-5(4)10(12)9-6/h12H,1-3H2,(H2,8,11). The second-order valence-electron chi connectivity index (χ2n) is 2.88. The number of hydrogen-bond donors (Lipinski definition) is 2. The van der Waals surface area contributed by atoms with Crippen molar-refractivity contribution < 1.29 is 10.0 Å². The first-order valence-electron chi connectivity index (χ1n) is 3.80. The molecular weight excluding hydrogens is 158 g/mol. The minimum atomic E-state index is -0.569. The van der Waals surface area contributed by atoms with Gasteiger partial charge in [0.2, 0.25) is 0 Å². The predicted octanol–water partition coefficient (Wildman–Crippen LogP) is -0.292. The maximum atomic E-state index is 10.8. The second kappa shape index (κ2) is 2.23. The quantitative estimate of drug-likeness (QED) is 0.564. The molecule has 0 saturated carbocycles. The third kappa shape index (κ3) is 0.792. The summed E-state index contributed by atoms with van der Waals surface area (Å²) in [6.07, 6.45) is 2.51. The molecule has 12 heavy (non-hydrogen) atoms. The average Bonchev–Trinajstić information content (AvgIpc) is 2.53. The number of amides is 1. The molecule has 1 aliphatic rings. The van der Waals surface area contributed by atoms with E-state index in [1.54, 1.807) is 0 Å². The van der Waals surface area contributed by atoms with Crippen LogP contribution in [0.2, 0.25) is 0 Å². The van der Waals surface area contributed by atoms with Crippen LogP contribution in [0, 0.1) is 0 Å². The lowest BCUT2D eigenvalue weighted by Crippen LogP contribution is -2.14. The van der Waals surface area contributed by atoms with Crippen LogP contribution in [0.15, 0.2) is 0 Å². The van der Waals surface area contributed by atoms with Crippen molar-refractivity contribution in [1.29, 1.82) is 0 Å². The Morgan fingerprint density at radius 1 is 1.58 bits per heavy atom. The molecule has 1 heterocycles. The van der Waals surface area contributed by atoms with Gasteiger partial charge in [0.1, 0.15) is 0 Å². The number of carbonyl (C=O) groups is 1. The van der Waals surface area contributed by atoms with Crippen LogP contribution >= 0.6 is 0 Å². The number of nitrogens with two attached hydrogens (primary N) is 1. The number of rotatable bonds is 1. The van der Waals surface area contributed by atoms with Gasteiger partial charge in [-0.2, -0.15) is 0 Å². The summed E-state index contributed by atoms with van der Waals surface area (Å²) in [6.45, 7) is 0. The van der Waals surface area contributed by atoms with Crippen molar-refractivity contribution in [1.82, 2.24) is 9.94 Å². The lowest BCUT2D eigenvalue weighted by atomic mass is 10.2. The molecule has 3 N–H and O–H groups in total. The lowest BCUT2D eigenvalue weighted by Gasteiger charge is -1.91. The van der Waals surface area contributed by atoms with Gasteiger partial charge in [-0.3, -0.25) is 4.79 Å². The lowest BCUT2D eigenvalue weighted by molar-refractivity contribution is 0.0978. The Morgan fingerprint density at radius 3 is 3.00 bits per heavy atom. The Hall–Kier alpha value is -1.52. The fourth-order valence-corrected chi connectivity index (χ4v) is 1.62. The van der Waals surface area contributed by atoms with Crippen LogP contribution < -0.4 is 5.73 Å². The zero-order chi connectivity index (χ0) is 8.72. The van der Waals surface area contributed by atoms with E-state index in [9.17, 15) is 10.0 Å². The van der Waals surface area contributed by atoms with Gasteiger partial charge in [-0.15, -0.1) is 9.94 Å². The predicted molar refractivity (Wildman–Crippen MR) is 40.0 cm³/mol. The van der Waals surface area contributed by atoms with Gasteiger partial charge in [0.15, 0.2) is 5.69 Å². The van der Waals surface area contributed by atoms with Crippen molar-refractivity contribution in [2.24, 2.45) is 5.73 Å². The van der Waals surface area contributed by atoms with E-state index in [-0.39, 0.29) is 5.69 Å². The van der Waals surface area contributed by atoms with Crippen molar-refractivity contribution in [3.05, 3.63) is 17.0 Å². The maximum Gasteiger partial charge on any atom is 0.269 e. The van der Waals surface area contributed by atoms with Crippen LogP contribution in [0.4, 0.5) is 0 Å². The summed E-state index contributed by atoms with van der Waals surface area (Å²) in [5.41, 5.74) is 6.82. The van der Waals surface area contributed by atoms with Crippen LogP contribution in [0.1, 0.15) is 28.2 Å². The summed E-state index contributed by atoms with van der Waals surface area (Å²) in [6, 6.07) is 0. The molecule has 64 valence electrons. The van der Waals surface area contributed by atoms with Gasteiger partial charge in [-0.05, 0) is 19.3 Å². The van der Waals surface area contributed by atoms with Gasteiger partial charge < -0.3 is 10.9 Å². The van der Waals surface area contributed by atoms with E-state index in [4.69, 9.17) is 5.73 Å². The van der Waals surface area contributed by atoms with Crippen molar-refractivity contribution in [3.63, 3.8) is 0 Å². The molecule has 0 aliphatic heterocycles. The molecule has 1 aliphatic carbocycles. The van der Waals surface area contributed by atoms with E-state index in [2.05, 4.69) is 5.10 Å². The summed E-state index contributed by atoms with van der Waals surface area (Å²) in [4.78, 5) is 11.6. The molecule has 0 bridgehead atoms. The van der Waals surface area contributed by atoms with Crippen molar-refractivity contribution >= 4 is 5.91 Å². The maximum absolute atomic E-state index is 10.8. The van der Waals surface area contributed by atoms with Gasteiger partial charge in [-0.1, -0.05) is 0 Å². The zero-order valence-corrected chi connectivity index (χ0v) is 6.45. The van der Waals surface area contributed by atoms with E-state index < -0.39 is 5.91 Å². The van der Waals surface area contributed by atoms with Gasteiger partial charge in [0.05, 0.1) is 5.69 Å². The monoisotopic (exact) mass is 167 g/mol. The summed E-state index contributed by atoms with van der Waals surface area (Å²) < 4.78 is 0. The molecule has 0 aromatic carbocycles. The van der Waals surface area contributed by atoms with E-state index in [1.165, 1.54) is 0 Å². The number of aromatic nitrogens is 2. The molecule has 0 radical (unpaired) electrons. The molecule has 1 aromatic heterocycles. The molecular formula is C7H9N3O2. The average molecular weight is 167 g/mol. The summed E-state index contributed by atoms with van der Waals surface area (Å²) in [5.74, 6) is -0.569. The van der Waals surface area contributed by atoms with Crippen molar-refractivity contribution in [2.75, 3.05) is 0 Å². The highest BCUT2D eigenvalue weighted by molar-refractivity contribution is 5.92. The van der Waals surface area contributed by atoms with Gasteiger partial charge in [-0.25, -0.2) is 0 Å². The molecule has 5 nitrogen and oxygen atoms in total. The topological polar surface area (TPSA) is 81.1 Å². The number of primary amides is 1. The zero-order valence-electron chi connectivity index (χ0n) is 6.45. The smallest absolute Gasteiger partial charge is 0.269 e. The molecule has 5 heteroatoms. The highest BCUT2D eigenvalue weighted by Crippen LogP contribution is 2.23. The number of hydrogen-bond acceptors (Lipinski definition) is 3. The van der Waals surface area contributed by atoms with Crippen molar-refractivity contribution in [2.45, 2.75) is 19.3 Å². The highest BCUT2D eigenvalue weighted by atomic mass is 16.5. The molecule has 1 amide bonds. The Morgan fingerprint density at radius 2 is 2.33 bits per heavy atom.